The number of rotatable bonds is 6. The van der Waals surface area contributed by atoms with Gasteiger partial charge >= 0.3 is 0 Å². The molecular weight excluding hydrogens is 322 g/mol. The third-order valence-corrected chi connectivity index (χ3v) is 5.73. The molecule has 2 aliphatic rings. The summed E-state index contributed by atoms with van der Waals surface area (Å²) < 4.78 is 2.12. The largest absolute Gasteiger partial charge is 0.370 e. The van der Waals surface area contributed by atoms with Crippen molar-refractivity contribution < 1.29 is 0 Å². The Morgan fingerprint density at radius 1 is 1.12 bits per heavy atom. The Morgan fingerprint density at radius 2 is 1.88 bits per heavy atom. The van der Waals surface area contributed by atoms with Crippen LogP contribution in [0.1, 0.15) is 24.1 Å². The number of fused-ring (bicyclic) bond motifs is 1. The van der Waals surface area contributed by atoms with Gasteiger partial charge in [0, 0.05) is 38.2 Å². The molecule has 5 nitrogen and oxygen atoms in total. The van der Waals surface area contributed by atoms with E-state index in [-0.39, 0.29) is 0 Å². The van der Waals surface area contributed by atoms with Crippen LogP contribution >= 0.6 is 0 Å². The van der Waals surface area contributed by atoms with Gasteiger partial charge in [-0.1, -0.05) is 30.3 Å². The molecule has 3 heterocycles. The molecule has 26 heavy (non-hydrogen) atoms. The maximum Gasteiger partial charge on any atom is 0.124 e. The normalized spacial score (nSPS) is 21.3. The molecule has 2 aliphatic heterocycles. The fraction of sp³-hybridized carbons (Fsp3) is 0.571. The first-order valence-corrected chi connectivity index (χ1v) is 10.0. The average Bonchev–Trinajstić information content (AvgIpc) is 3.03. The van der Waals surface area contributed by atoms with Crippen molar-refractivity contribution in [2.24, 2.45) is 11.8 Å². The zero-order valence-corrected chi connectivity index (χ0v) is 15.8. The number of hydrogen-bond donors (Lipinski definition) is 2. The lowest BCUT2D eigenvalue weighted by molar-refractivity contribution is 0.174. The number of hydrogen-bond acceptors (Lipinski definition) is 4. The predicted octanol–water partition coefficient (Wildman–Crippen LogP) is 2.74. The summed E-state index contributed by atoms with van der Waals surface area (Å²) in [6, 6.07) is 13.0. The first kappa shape index (κ1) is 17.6. The van der Waals surface area contributed by atoms with Crippen LogP contribution in [0.3, 0.4) is 0 Å². The van der Waals surface area contributed by atoms with Gasteiger partial charge < -0.3 is 10.6 Å². The van der Waals surface area contributed by atoms with Crippen molar-refractivity contribution in [2.45, 2.75) is 32.9 Å². The first-order chi connectivity index (χ1) is 12.8. The summed E-state index contributed by atoms with van der Waals surface area (Å²) in [5.74, 6) is 2.62. The fourth-order valence-corrected chi connectivity index (χ4v) is 4.20. The molecule has 1 saturated heterocycles. The minimum Gasteiger partial charge on any atom is -0.370 e. The van der Waals surface area contributed by atoms with Gasteiger partial charge in [0.25, 0.3) is 0 Å². The SMILES string of the molecule is Cc1cc2n(n1)CC(CNCC1CCN(Cc3ccccc3)CC1)CN2. The minimum absolute atomic E-state index is 0.625. The molecule has 0 saturated carbocycles. The van der Waals surface area contributed by atoms with E-state index in [1.165, 1.54) is 37.3 Å². The van der Waals surface area contributed by atoms with Gasteiger partial charge in [-0.15, -0.1) is 0 Å². The first-order valence-electron chi connectivity index (χ1n) is 10.0. The molecule has 1 fully saturated rings. The van der Waals surface area contributed by atoms with Gasteiger partial charge in [-0.2, -0.15) is 5.10 Å². The summed E-state index contributed by atoms with van der Waals surface area (Å²) in [4.78, 5) is 2.60. The van der Waals surface area contributed by atoms with E-state index >= 15 is 0 Å². The van der Waals surface area contributed by atoms with E-state index in [1.54, 1.807) is 0 Å². The van der Waals surface area contributed by atoms with Crippen molar-refractivity contribution in [3.63, 3.8) is 0 Å². The van der Waals surface area contributed by atoms with Gasteiger partial charge in [0.15, 0.2) is 0 Å². The molecule has 4 rings (SSSR count). The number of nitrogens with zero attached hydrogens (tertiary/aromatic N) is 3. The highest BCUT2D eigenvalue weighted by Gasteiger charge is 2.21. The number of aryl methyl sites for hydroxylation is 1. The molecule has 0 spiro atoms. The van der Waals surface area contributed by atoms with Crippen LogP contribution in [0.2, 0.25) is 0 Å². The topological polar surface area (TPSA) is 45.1 Å². The van der Waals surface area contributed by atoms with Crippen molar-refractivity contribution in [3.8, 4) is 0 Å². The van der Waals surface area contributed by atoms with Crippen molar-refractivity contribution >= 4 is 5.82 Å². The number of aromatic nitrogens is 2. The van der Waals surface area contributed by atoms with Crippen LogP contribution in [0, 0.1) is 18.8 Å². The summed E-state index contributed by atoms with van der Waals surface area (Å²) in [5, 5.41) is 11.8. The monoisotopic (exact) mass is 353 g/mol. The average molecular weight is 354 g/mol. The van der Waals surface area contributed by atoms with Crippen molar-refractivity contribution in [3.05, 3.63) is 47.7 Å². The van der Waals surface area contributed by atoms with Gasteiger partial charge in [0.1, 0.15) is 5.82 Å². The quantitative estimate of drug-likeness (QED) is 0.838. The van der Waals surface area contributed by atoms with Gasteiger partial charge in [-0.3, -0.25) is 4.90 Å². The molecule has 5 heteroatoms. The fourth-order valence-electron chi connectivity index (χ4n) is 4.20. The number of benzene rings is 1. The zero-order valence-electron chi connectivity index (χ0n) is 15.8. The summed E-state index contributed by atoms with van der Waals surface area (Å²) >= 11 is 0. The van der Waals surface area contributed by atoms with Gasteiger partial charge in [-0.05, 0) is 50.9 Å². The number of anilines is 1. The lowest BCUT2D eigenvalue weighted by Crippen LogP contribution is -2.40. The summed E-state index contributed by atoms with van der Waals surface area (Å²) in [5.41, 5.74) is 2.53. The molecule has 0 bridgehead atoms. The Bertz CT molecular complexity index is 688. The number of piperidine rings is 1. The Balaban J connectivity index is 1.14. The molecule has 1 unspecified atom stereocenters. The summed E-state index contributed by atoms with van der Waals surface area (Å²) in [7, 11) is 0. The molecule has 0 amide bonds. The van der Waals surface area contributed by atoms with E-state index in [1.807, 2.05) is 0 Å². The van der Waals surface area contributed by atoms with Crippen LogP contribution in [0.5, 0.6) is 0 Å². The van der Waals surface area contributed by atoms with Crippen LogP contribution < -0.4 is 10.6 Å². The second-order valence-corrected chi connectivity index (χ2v) is 7.96. The van der Waals surface area contributed by atoms with Crippen LogP contribution in [0.4, 0.5) is 5.82 Å². The maximum absolute atomic E-state index is 4.56. The van der Waals surface area contributed by atoms with E-state index in [4.69, 9.17) is 0 Å². The van der Waals surface area contributed by atoms with Crippen molar-refractivity contribution in [1.29, 1.82) is 0 Å². The van der Waals surface area contributed by atoms with E-state index in [0.29, 0.717) is 5.92 Å². The Morgan fingerprint density at radius 3 is 2.69 bits per heavy atom. The Kier molecular flexibility index (Phi) is 5.56. The summed E-state index contributed by atoms with van der Waals surface area (Å²) in [6.45, 7) is 9.91. The minimum atomic E-state index is 0.625. The molecule has 1 aromatic carbocycles. The molecule has 0 radical (unpaired) electrons. The molecule has 1 aromatic heterocycles. The third kappa shape index (κ3) is 4.46. The van der Waals surface area contributed by atoms with E-state index < -0.39 is 0 Å². The highest BCUT2D eigenvalue weighted by Crippen LogP contribution is 2.20. The lowest BCUT2D eigenvalue weighted by atomic mass is 9.96. The van der Waals surface area contributed by atoms with Crippen molar-refractivity contribution in [2.75, 3.05) is 38.0 Å². The van der Waals surface area contributed by atoms with Crippen molar-refractivity contribution in [1.82, 2.24) is 20.0 Å². The zero-order chi connectivity index (χ0) is 17.8. The van der Waals surface area contributed by atoms with Gasteiger partial charge in [0.05, 0.1) is 5.69 Å². The molecule has 2 N–H and O–H groups in total. The Labute approximate surface area is 156 Å². The van der Waals surface area contributed by atoms with Crippen LogP contribution in [-0.4, -0.2) is 47.4 Å². The third-order valence-electron chi connectivity index (χ3n) is 5.73. The Hall–Kier alpha value is -1.85. The molecular formula is C21H31N5. The number of nitrogens with one attached hydrogen (secondary N) is 2. The molecule has 0 aliphatic carbocycles. The van der Waals surface area contributed by atoms with Gasteiger partial charge in [0.2, 0.25) is 0 Å². The summed E-state index contributed by atoms with van der Waals surface area (Å²) in [6.07, 6.45) is 2.62. The second kappa shape index (κ2) is 8.23. The van der Waals surface area contributed by atoms with Gasteiger partial charge in [-0.25, -0.2) is 4.68 Å². The van der Waals surface area contributed by atoms with Crippen LogP contribution in [0.25, 0.3) is 0 Å². The highest BCUT2D eigenvalue weighted by molar-refractivity contribution is 5.38. The van der Waals surface area contributed by atoms with E-state index in [9.17, 15) is 0 Å². The number of likely N-dealkylation sites (tertiary alicyclic amines) is 1. The predicted molar refractivity (Wildman–Crippen MR) is 106 cm³/mol. The standard InChI is InChI=1S/C21H31N5/c1-17-11-21-23-14-20(16-26(21)24-17)13-22-12-18-7-9-25(10-8-18)15-19-5-3-2-4-6-19/h2-6,11,18,20,22-23H,7-10,12-16H2,1H3. The molecule has 140 valence electrons. The smallest absolute Gasteiger partial charge is 0.124 e. The van der Waals surface area contributed by atoms with E-state index in [0.717, 1.165) is 44.3 Å². The maximum atomic E-state index is 4.56. The van der Waals surface area contributed by atoms with Crippen LogP contribution in [0.15, 0.2) is 36.4 Å². The van der Waals surface area contributed by atoms with E-state index in [2.05, 4.69) is 68.6 Å². The molecule has 1 atom stereocenters. The molecule has 2 aromatic rings. The second-order valence-electron chi connectivity index (χ2n) is 7.96. The highest BCUT2D eigenvalue weighted by atomic mass is 15.3. The van der Waals surface area contributed by atoms with Crippen LogP contribution in [-0.2, 0) is 13.1 Å². The lowest BCUT2D eigenvalue weighted by Gasteiger charge is -2.32.